The van der Waals surface area contributed by atoms with Gasteiger partial charge in [-0.05, 0) is 31.4 Å². The van der Waals surface area contributed by atoms with Crippen molar-refractivity contribution < 1.29 is 18.1 Å². The van der Waals surface area contributed by atoms with Gasteiger partial charge in [-0.1, -0.05) is 29.3 Å². The third-order valence-corrected chi connectivity index (χ3v) is 7.59. The van der Waals surface area contributed by atoms with Gasteiger partial charge in [0.05, 0.1) is 36.2 Å². The second-order valence-corrected chi connectivity index (χ2v) is 9.09. The van der Waals surface area contributed by atoms with Crippen LogP contribution in [-0.4, -0.2) is 58.2 Å². The summed E-state index contributed by atoms with van der Waals surface area (Å²) < 4.78 is 33.0. The van der Waals surface area contributed by atoms with Crippen molar-refractivity contribution in [2.45, 2.75) is 30.3 Å². The van der Waals surface area contributed by atoms with Crippen molar-refractivity contribution in [3.8, 4) is 0 Å². The lowest BCUT2D eigenvalue weighted by atomic mass is 10.1. The molecule has 0 spiro atoms. The Morgan fingerprint density at radius 2 is 1.83 bits per heavy atom. The molecule has 1 aromatic carbocycles. The number of halogens is 2. The van der Waals surface area contributed by atoms with Gasteiger partial charge < -0.3 is 9.64 Å². The topological polar surface area (TPSA) is 51.0 Å². The fraction of sp³-hybridized carbons (Fsp3) is 0.625. The summed E-state index contributed by atoms with van der Waals surface area (Å²) in [6.45, 7) is 4.32. The van der Waals surface area contributed by atoms with E-state index < -0.39 is 10.0 Å². The van der Waals surface area contributed by atoms with Crippen molar-refractivity contribution >= 4 is 33.2 Å². The zero-order valence-electron chi connectivity index (χ0n) is 13.5. The molecule has 0 saturated carbocycles. The fourth-order valence-corrected chi connectivity index (χ4v) is 5.93. The van der Waals surface area contributed by atoms with E-state index in [4.69, 9.17) is 27.9 Å². The molecule has 0 amide bonds. The van der Waals surface area contributed by atoms with Gasteiger partial charge in [-0.3, -0.25) is 0 Å². The van der Waals surface area contributed by atoms with E-state index in [1.165, 1.54) is 15.6 Å². The minimum atomic E-state index is -3.66. The van der Waals surface area contributed by atoms with Gasteiger partial charge in [-0.15, -0.1) is 0 Å². The normalized spacial score (nSPS) is 24.2. The molecule has 2 aliphatic rings. The van der Waals surface area contributed by atoms with Crippen molar-refractivity contribution in [2.24, 2.45) is 0 Å². The third-order valence-electron chi connectivity index (χ3n) is 4.74. The summed E-state index contributed by atoms with van der Waals surface area (Å²) >= 11 is 12.2. The number of quaternary nitrogens is 1. The molecule has 134 valence electrons. The summed E-state index contributed by atoms with van der Waals surface area (Å²) in [5.74, 6) is 0. The largest absolute Gasteiger partial charge is 0.372 e. The monoisotopic (exact) mass is 393 g/mol. The van der Waals surface area contributed by atoms with Gasteiger partial charge >= 0.3 is 0 Å². The number of rotatable bonds is 4. The van der Waals surface area contributed by atoms with E-state index in [2.05, 4.69) is 0 Å². The van der Waals surface area contributed by atoms with Gasteiger partial charge in [0, 0.05) is 6.61 Å². The molecule has 1 N–H and O–H groups in total. The predicted octanol–water partition coefficient (Wildman–Crippen LogP) is 1.45. The number of piperazine rings is 1. The molecule has 2 fully saturated rings. The Labute approximate surface area is 153 Å². The van der Waals surface area contributed by atoms with E-state index in [-0.39, 0.29) is 14.9 Å². The zero-order chi connectivity index (χ0) is 17.2. The minimum Gasteiger partial charge on any atom is -0.372 e. The van der Waals surface area contributed by atoms with E-state index in [0.717, 1.165) is 39.1 Å². The number of ether oxygens (including phenoxy) is 1. The third kappa shape index (κ3) is 4.06. The zero-order valence-corrected chi connectivity index (χ0v) is 15.8. The number of nitrogens with one attached hydrogen (secondary N) is 1. The molecule has 24 heavy (non-hydrogen) atoms. The molecule has 1 aromatic rings. The van der Waals surface area contributed by atoms with Crippen LogP contribution in [0.4, 0.5) is 0 Å². The maximum atomic E-state index is 12.8. The first kappa shape index (κ1) is 18.4. The number of sulfonamides is 1. The van der Waals surface area contributed by atoms with Crippen LogP contribution in [0.2, 0.25) is 10.0 Å². The first-order chi connectivity index (χ1) is 11.5. The van der Waals surface area contributed by atoms with Gasteiger partial charge in [0.15, 0.2) is 0 Å². The number of hydrogen-bond donors (Lipinski definition) is 1. The van der Waals surface area contributed by atoms with Crippen LogP contribution in [0, 0.1) is 0 Å². The second kappa shape index (κ2) is 7.89. The molecule has 2 saturated heterocycles. The summed E-state index contributed by atoms with van der Waals surface area (Å²) in [7, 11) is -3.66. The Morgan fingerprint density at radius 1 is 1.17 bits per heavy atom. The fourth-order valence-electron chi connectivity index (χ4n) is 3.40. The van der Waals surface area contributed by atoms with Crippen molar-refractivity contribution in [1.29, 1.82) is 0 Å². The van der Waals surface area contributed by atoms with Crippen LogP contribution < -0.4 is 4.90 Å². The van der Waals surface area contributed by atoms with Crippen LogP contribution >= 0.6 is 23.2 Å². The Balaban J connectivity index is 1.63. The van der Waals surface area contributed by atoms with Crippen molar-refractivity contribution in [1.82, 2.24) is 4.31 Å². The summed E-state index contributed by atoms with van der Waals surface area (Å²) in [6.07, 6.45) is 3.80. The summed E-state index contributed by atoms with van der Waals surface area (Å²) in [6, 6.07) is 4.76. The maximum Gasteiger partial charge on any atom is 0.246 e. The maximum absolute atomic E-state index is 12.8. The molecular weight excluding hydrogens is 371 g/mol. The van der Waals surface area contributed by atoms with E-state index in [0.29, 0.717) is 19.2 Å². The molecule has 8 heteroatoms. The molecule has 2 aliphatic heterocycles. The van der Waals surface area contributed by atoms with Gasteiger partial charge in [0.25, 0.3) is 0 Å². The molecule has 0 bridgehead atoms. The lowest BCUT2D eigenvalue weighted by Crippen LogP contribution is -3.15. The lowest BCUT2D eigenvalue weighted by molar-refractivity contribution is -0.907. The van der Waals surface area contributed by atoms with Crippen molar-refractivity contribution in [3.63, 3.8) is 0 Å². The van der Waals surface area contributed by atoms with Crippen LogP contribution in [0.3, 0.4) is 0 Å². The highest BCUT2D eigenvalue weighted by atomic mass is 35.5. The van der Waals surface area contributed by atoms with Gasteiger partial charge in [0.1, 0.15) is 17.5 Å². The number of benzene rings is 1. The Morgan fingerprint density at radius 3 is 2.42 bits per heavy atom. The Hall–Kier alpha value is -0.370. The highest BCUT2D eigenvalue weighted by Gasteiger charge is 2.34. The molecule has 1 atom stereocenters. The van der Waals surface area contributed by atoms with Crippen LogP contribution in [0.25, 0.3) is 0 Å². The van der Waals surface area contributed by atoms with Crippen molar-refractivity contribution in [3.05, 3.63) is 28.2 Å². The van der Waals surface area contributed by atoms with Gasteiger partial charge in [-0.25, -0.2) is 8.42 Å². The predicted molar refractivity (Wildman–Crippen MR) is 94.4 cm³/mol. The van der Waals surface area contributed by atoms with Crippen LogP contribution in [0.5, 0.6) is 0 Å². The quantitative estimate of drug-likeness (QED) is 0.841. The molecule has 0 radical (unpaired) electrons. The molecule has 0 aliphatic carbocycles. The van der Waals surface area contributed by atoms with E-state index in [1.807, 2.05) is 0 Å². The minimum absolute atomic E-state index is 0.0207. The first-order valence-corrected chi connectivity index (χ1v) is 10.6. The molecule has 3 rings (SSSR count). The summed E-state index contributed by atoms with van der Waals surface area (Å²) in [5, 5.41) is 0.348. The second-order valence-electron chi connectivity index (χ2n) is 6.40. The lowest BCUT2D eigenvalue weighted by Gasteiger charge is -2.34. The van der Waals surface area contributed by atoms with Crippen molar-refractivity contribution in [2.75, 3.05) is 39.3 Å². The highest BCUT2D eigenvalue weighted by molar-refractivity contribution is 7.89. The highest BCUT2D eigenvalue weighted by Crippen LogP contribution is 2.31. The van der Waals surface area contributed by atoms with E-state index in [1.54, 1.807) is 18.2 Å². The summed E-state index contributed by atoms with van der Waals surface area (Å²) in [5.41, 5.74) is 0. The van der Waals surface area contributed by atoms with E-state index in [9.17, 15) is 8.42 Å². The standard InChI is InChI=1S/C16H22Cl2N2O3S/c17-14-5-3-6-15(18)16(14)24(21,22)20-9-7-19(8-10-20)12-13-4-1-2-11-23-13/h3,5-6,13H,1-2,4,7-12H2/p+1/t13-/m1/s1. The average molecular weight is 394 g/mol. The Bertz CT molecular complexity index is 650. The van der Waals surface area contributed by atoms with Gasteiger partial charge in [-0.2, -0.15) is 4.31 Å². The van der Waals surface area contributed by atoms with Crippen LogP contribution in [0.1, 0.15) is 19.3 Å². The van der Waals surface area contributed by atoms with E-state index >= 15 is 0 Å². The first-order valence-electron chi connectivity index (χ1n) is 8.38. The number of nitrogens with zero attached hydrogens (tertiary/aromatic N) is 1. The number of hydrogen-bond acceptors (Lipinski definition) is 3. The smallest absolute Gasteiger partial charge is 0.246 e. The molecule has 0 aromatic heterocycles. The molecular formula is C16H23Cl2N2O3S+. The SMILES string of the molecule is O=S(=O)(c1c(Cl)cccc1Cl)N1CC[NH+](C[C@H]2CCCCO2)CC1. The summed E-state index contributed by atoms with van der Waals surface area (Å²) in [4.78, 5) is 1.42. The Kier molecular flexibility index (Phi) is 6.06. The molecule has 2 heterocycles. The van der Waals surface area contributed by atoms with Crippen LogP contribution in [-0.2, 0) is 14.8 Å². The molecule has 5 nitrogen and oxygen atoms in total. The van der Waals surface area contributed by atoms with Crippen LogP contribution in [0.15, 0.2) is 23.1 Å². The molecule has 0 unspecified atom stereocenters. The average Bonchev–Trinajstić information content (AvgIpc) is 2.56. The van der Waals surface area contributed by atoms with Gasteiger partial charge in [0.2, 0.25) is 10.0 Å².